The molecular formula is C17H24Cl2N2O2. The van der Waals surface area contributed by atoms with Crippen LogP contribution in [0.1, 0.15) is 44.1 Å². The summed E-state index contributed by atoms with van der Waals surface area (Å²) in [6.45, 7) is 3.91. The van der Waals surface area contributed by atoms with Crippen LogP contribution in [0.4, 0.5) is 4.79 Å². The molecule has 2 N–H and O–H groups in total. The van der Waals surface area contributed by atoms with Crippen LogP contribution in [-0.2, 0) is 4.74 Å². The monoisotopic (exact) mass is 358 g/mol. The van der Waals surface area contributed by atoms with Crippen LogP contribution < -0.4 is 10.6 Å². The maximum atomic E-state index is 11.8. The number of halogens is 2. The molecule has 1 heterocycles. The fourth-order valence-electron chi connectivity index (χ4n) is 2.82. The predicted octanol–water partition coefficient (Wildman–Crippen LogP) is 4.36. The number of hydrogen-bond acceptors (Lipinski definition) is 2. The Morgan fingerprint density at radius 1 is 1.26 bits per heavy atom. The number of carbonyl (C=O) groups is 1. The summed E-state index contributed by atoms with van der Waals surface area (Å²) in [5.41, 5.74) is 1.11. The minimum atomic E-state index is -0.146. The molecule has 2 rings (SSSR count). The summed E-state index contributed by atoms with van der Waals surface area (Å²) in [4.78, 5) is 11.8. The van der Waals surface area contributed by atoms with E-state index in [1.54, 1.807) is 0 Å². The molecule has 128 valence electrons. The molecule has 6 heteroatoms. The summed E-state index contributed by atoms with van der Waals surface area (Å²) in [5.74, 6) is 0.207. The number of urea groups is 1. The largest absolute Gasteiger partial charge is 0.376 e. The smallest absolute Gasteiger partial charge is 0.314 e. The number of ether oxygens (including phenoxy) is 1. The maximum Gasteiger partial charge on any atom is 0.314 e. The first-order valence-electron chi connectivity index (χ1n) is 8.20. The Labute approximate surface area is 147 Å². The molecule has 0 saturated carbocycles. The van der Waals surface area contributed by atoms with Gasteiger partial charge in [0, 0.05) is 25.6 Å². The zero-order valence-electron chi connectivity index (χ0n) is 13.4. The highest BCUT2D eigenvalue weighted by Crippen LogP contribution is 2.33. The zero-order valence-corrected chi connectivity index (χ0v) is 14.9. The van der Waals surface area contributed by atoms with E-state index in [2.05, 4.69) is 10.6 Å². The Morgan fingerprint density at radius 3 is 2.83 bits per heavy atom. The number of hydrogen-bond donors (Lipinski definition) is 2. The Balaban J connectivity index is 2.04. The lowest BCUT2D eigenvalue weighted by molar-refractivity contribution is 0.0478. The average Bonchev–Trinajstić information content (AvgIpc) is 2.79. The van der Waals surface area contributed by atoms with Crippen LogP contribution >= 0.6 is 23.2 Å². The molecule has 1 aromatic rings. The second-order valence-corrected chi connectivity index (χ2v) is 6.64. The number of rotatable bonds is 5. The third-order valence-electron chi connectivity index (χ3n) is 4.06. The second kappa shape index (κ2) is 9.36. The molecule has 1 aliphatic rings. The molecule has 0 aromatic heterocycles. The fraction of sp³-hybridized carbons (Fsp3) is 0.588. The number of amides is 2. The van der Waals surface area contributed by atoms with Crippen molar-refractivity contribution in [3.05, 3.63) is 33.8 Å². The van der Waals surface area contributed by atoms with Crippen molar-refractivity contribution >= 4 is 29.2 Å². The summed E-state index contributed by atoms with van der Waals surface area (Å²) in [7, 11) is 0. The molecule has 23 heavy (non-hydrogen) atoms. The molecule has 1 aromatic carbocycles. The van der Waals surface area contributed by atoms with Gasteiger partial charge in [-0.25, -0.2) is 4.79 Å². The Morgan fingerprint density at radius 2 is 2.09 bits per heavy atom. The average molecular weight is 359 g/mol. The lowest BCUT2D eigenvalue weighted by atomic mass is 9.89. The molecule has 0 spiro atoms. The SMILES string of the molecule is CCCNC(=O)NC[C@@H]1OCCCCC1c1ccc(Cl)c(Cl)c1. The van der Waals surface area contributed by atoms with Gasteiger partial charge in [0.2, 0.25) is 0 Å². The van der Waals surface area contributed by atoms with Gasteiger partial charge in [-0.1, -0.05) is 42.6 Å². The molecule has 2 amide bonds. The van der Waals surface area contributed by atoms with E-state index in [1.807, 2.05) is 25.1 Å². The molecule has 0 radical (unpaired) electrons. The molecule has 1 aliphatic heterocycles. The fourth-order valence-corrected chi connectivity index (χ4v) is 3.13. The number of carbonyl (C=O) groups excluding carboxylic acids is 1. The standard InChI is InChI=1S/C17H24Cl2N2O2/c1-2-8-20-17(22)21-11-16-13(5-3-4-9-23-16)12-6-7-14(18)15(19)10-12/h6-7,10,13,16H,2-5,8-9,11H2,1H3,(H2,20,21,22)/t13?,16-/m0/s1. The van der Waals surface area contributed by atoms with Crippen molar-refractivity contribution in [1.82, 2.24) is 10.6 Å². The molecule has 1 fully saturated rings. The number of nitrogens with one attached hydrogen (secondary N) is 2. The van der Waals surface area contributed by atoms with Crippen LogP contribution in [0.5, 0.6) is 0 Å². The van der Waals surface area contributed by atoms with Gasteiger partial charge in [-0.05, 0) is 37.0 Å². The van der Waals surface area contributed by atoms with Gasteiger partial charge in [0.25, 0.3) is 0 Å². The molecular weight excluding hydrogens is 335 g/mol. The van der Waals surface area contributed by atoms with Gasteiger partial charge in [0.1, 0.15) is 0 Å². The predicted molar refractivity (Wildman–Crippen MR) is 94.5 cm³/mol. The summed E-state index contributed by atoms with van der Waals surface area (Å²) in [6.07, 6.45) is 4.02. The second-order valence-electron chi connectivity index (χ2n) is 5.82. The van der Waals surface area contributed by atoms with Crippen molar-refractivity contribution in [2.75, 3.05) is 19.7 Å². The molecule has 0 aliphatic carbocycles. The Bertz CT molecular complexity index is 525. The van der Waals surface area contributed by atoms with Crippen LogP contribution in [0.2, 0.25) is 10.0 Å². The minimum Gasteiger partial charge on any atom is -0.376 e. The number of benzene rings is 1. The quantitative estimate of drug-likeness (QED) is 0.821. The topological polar surface area (TPSA) is 50.4 Å². The van der Waals surface area contributed by atoms with Gasteiger partial charge in [0.05, 0.1) is 16.1 Å². The van der Waals surface area contributed by atoms with Crippen LogP contribution in [-0.4, -0.2) is 31.8 Å². The summed E-state index contributed by atoms with van der Waals surface area (Å²) < 4.78 is 5.98. The van der Waals surface area contributed by atoms with Crippen LogP contribution in [0.15, 0.2) is 18.2 Å². The Kier molecular flexibility index (Phi) is 7.47. The van der Waals surface area contributed by atoms with E-state index in [1.165, 1.54) is 0 Å². The van der Waals surface area contributed by atoms with Crippen molar-refractivity contribution in [1.29, 1.82) is 0 Å². The van der Waals surface area contributed by atoms with Gasteiger partial charge in [-0.3, -0.25) is 0 Å². The third kappa shape index (κ3) is 5.55. The molecule has 4 nitrogen and oxygen atoms in total. The first-order valence-corrected chi connectivity index (χ1v) is 8.95. The highest BCUT2D eigenvalue weighted by atomic mass is 35.5. The van der Waals surface area contributed by atoms with Crippen LogP contribution in [0, 0.1) is 0 Å². The molecule has 0 bridgehead atoms. The van der Waals surface area contributed by atoms with Crippen molar-refractivity contribution in [3.8, 4) is 0 Å². The van der Waals surface area contributed by atoms with E-state index in [4.69, 9.17) is 27.9 Å². The summed E-state index contributed by atoms with van der Waals surface area (Å²) >= 11 is 12.2. The first kappa shape index (κ1) is 18.4. The lowest BCUT2D eigenvalue weighted by Crippen LogP contribution is -2.42. The van der Waals surface area contributed by atoms with E-state index < -0.39 is 0 Å². The van der Waals surface area contributed by atoms with Gasteiger partial charge in [-0.15, -0.1) is 0 Å². The van der Waals surface area contributed by atoms with Crippen LogP contribution in [0.25, 0.3) is 0 Å². The third-order valence-corrected chi connectivity index (χ3v) is 4.80. The van der Waals surface area contributed by atoms with E-state index >= 15 is 0 Å². The van der Waals surface area contributed by atoms with E-state index in [9.17, 15) is 4.79 Å². The van der Waals surface area contributed by atoms with E-state index in [-0.39, 0.29) is 18.1 Å². The normalized spacial score (nSPS) is 21.5. The van der Waals surface area contributed by atoms with Gasteiger partial charge < -0.3 is 15.4 Å². The van der Waals surface area contributed by atoms with Crippen molar-refractivity contribution in [2.24, 2.45) is 0 Å². The lowest BCUT2D eigenvalue weighted by Gasteiger charge is -2.26. The summed E-state index contributed by atoms with van der Waals surface area (Å²) in [5, 5.41) is 6.83. The van der Waals surface area contributed by atoms with Gasteiger partial charge in [0.15, 0.2) is 0 Å². The van der Waals surface area contributed by atoms with Crippen molar-refractivity contribution in [3.63, 3.8) is 0 Å². The highest BCUT2D eigenvalue weighted by molar-refractivity contribution is 6.42. The van der Waals surface area contributed by atoms with E-state index in [0.29, 0.717) is 23.1 Å². The van der Waals surface area contributed by atoms with Gasteiger partial charge in [-0.2, -0.15) is 0 Å². The minimum absolute atomic E-state index is 0.0536. The van der Waals surface area contributed by atoms with Gasteiger partial charge >= 0.3 is 6.03 Å². The van der Waals surface area contributed by atoms with Crippen molar-refractivity contribution in [2.45, 2.75) is 44.6 Å². The van der Waals surface area contributed by atoms with E-state index in [0.717, 1.165) is 37.9 Å². The van der Waals surface area contributed by atoms with Crippen LogP contribution in [0.3, 0.4) is 0 Å². The first-order chi connectivity index (χ1) is 11.1. The highest BCUT2D eigenvalue weighted by Gasteiger charge is 2.27. The molecule has 1 unspecified atom stereocenters. The zero-order chi connectivity index (χ0) is 16.7. The molecule has 2 atom stereocenters. The molecule has 1 saturated heterocycles. The summed E-state index contributed by atoms with van der Waals surface area (Å²) in [6, 6.07) is 5.58. The van der Waals surface area contributed by atoms with Crippen molar-refractivity contribution < 1.29 is 9.53 Å². The Hall–Kier alpha value is -0.970. The maximum absolute atomic E-state index is 11.8.